The minimum atomic E-state index is -0.803. The number of hydrogen-bond acceptors (Lipinski definition) is 8. The summed E-state index contributed by atoms with van der Waals surface area (Å²) in [6.07, 6.45) is 1.63. The first-order valence-corrected chi connectivity index (χ1v) is 16.8. The molecule has 0 fully saturated rings. The standard InChI is InChI=1S/C34H31BrCl2N2O6S/c1-6-43-33(41)30-19(4)38-34-39(31(30)22-9-7-8-10-26(22)45-18(2)3)32(40)29(46-34)15-21-14-27(42-5)28(16-23(21)35)44-17-20-11-12-24(36)25(37)13-20/h7-16,18,31H,6,17H2,1-5H3/b29-15+/t31-/m1/s1. The molecule has 0 saturated carbocycles. The van der Waals surface area contributed by atoms with E-state index in [4.69, 9.17) is 42.1 Å². The molecule has 46 heavy (non-hydrogen) atoms. The molecule has 0 spiro atoms. The number of rotatable bonds is 10. The van der Waals surface area contributed by atoms with Crippen LogP contribution in [-0.2, 0) is 16.1 Å². The van der Waals surface area contributed by atoms with Crippen molar-refractivity contribution in [3.8, 4) is 17.2 Å². The highest BCUT2D eigenvalue weighted by atomic mass is 79.9. The molecule has 240 valence electrons. The second-order valence-electron chi connectivity index (χ2n) is 10.6. The van der Waals surface area contributed by atoms with Crippen LogP contribution in [0.2, 0.25) is 10.0 Å². The molecule has 0 N–H and O–H groups in total. The first kappa shape index (κ1) is 33.8. The lowest BCUT2D eigenvalue weighted by molar-refractivity contribution is -0.139. The number of halogens is 3. The van der Waals surface area contributed by atoms with Gasteiger partial charge in [0.25, 0.3) is 5.56 Å². The Morgan fingerprint density at radius 2 is 1.85 bits per heavy atom. The quantitative estimate of drug-likeness (QED) is 0.159. The Hall–Kier alpha value is -3.57. The van der Waals surface area contributed by atoms with Gasteiger partial charge >= 0.3 is 5.97 Å². The first-order valence-electron chi connectivity index (χ1n) is 14.4. The van der Waals surface area contributed by atoms with Gasteiger partial charge in [0.15, 0.2) is 16.3 Å². The number of carbonyl (C=O) groups is 1. The molecule has 1 aromatic heterocycles. The molecular weight excluding hydrogens is 715 g/mol. The minimum Gasteiger partial charge on any atom is -0.493 e. The molecule has 1 aliphatic heterocycles. The average molecular weight is 747 g/mol. The number of para-hydroxylation sites is 1. The summed E-state index contributed by atoms with van der Waals surface area (Å²) in [4.78, 5) is 32.6. The molecule has 2 heterocycles. The Morgan fingerprint density at radius 3 is 2.54 bits per heavy atom. The smallest absolute Gasteiger partial charge is 0.338 e. The summed E-state index contributed by atoms with van der Waals surface area (Å²) >= 11 is 17.1. The fourth-order valence-corrected chi connectivity index (χ4v) is 6.81. The van der Waals surface area contributed by atoms with Gasteiger partial charge in [0, 0.05) is 10.0 Å². The number of hydrogen-bond donors (Lipinski definition) is 0. The zero-order chi connectivity index (χ0) is 33.1. The summed E-state index contributed by atoms with van der Waals surface area (Å²) in [6.45, 7) is 7.75. The first-order chi connectivity index (χ1) is 22.0. The van der Waals surface area contributed by atoms with E-state index in [1.165, 1.54) is 15.9 Å². The van der Waals surface area contributed by atoms with Gasteiger partial charge in [0.1, 0.15) is 18.4 Å². The Bertz CT molecular complexity index is 2020. The molecule has 4 aromatic rings. The van der Waals surface area contributed by atoms with Gasteiger partial charge in [-0.05, 0) is 75.2 Å². The maximum absolute atomic E-state index is 14.2. The molecule has 0 saturated heterocycles. The summed E-state index contributed by atoms with van der Waals surface area (Å²) in [7, 11) is 1.54. The van der Waals surface area contributed by atoms with E-state index in [1.807, 2.05) is 44.2 Å². The Balaban J connectivity index is 1.60. The lowest BCUT2D eigenvalue weighted by Gasteiger charge is -2.26. The summed E-state index contributed by atoms with van der Waals surface area (Å²) in [6, 6.07) is 15.5. The van der Waals surface area contributed by atoms with Gasteiger partial charge in [0.2, 0.25) is 0 Å². The summed E-state index contributed by atoms with van der Waals surface area (Å²) < 4.78 is 25.9. The number of fused-ring (bicyclic) bond motifs is 1. The second-order valence-corrected chi connectivity index (χ2v) is 13.2. The van der Waals surface area contributed by atoms with E-state index in [9.17, 15) is 9.59 Å². The van der Waals surface area contributed by atoms with Gasteiger partial charge in [-0.15, -0.1) is 0 Å². The van der Waals surface area contributed by atoms with Crippen molar-refractivity contribution in [1.82, 2.24) is 4.57 Å². The Morgan fingerprint density at radius 1 is 1.09 bits per heavy atom. The highest BCUT2D eigenvalue weighted by Crippen LogP contribution is 2.37. The summed E-state index contributed by atoms with van der Waals surface area (Å²) in [5, 5.41) is 0.905. The van der Waals surface area contributed by atoms with Gasteiger partial charge in [0.05, 0.1) is 45.7 Å². The highest BCUT2D eigenvalue weighted by molar-refractivity contribution is 9.10. The van der Waals surface area contributed by atoms with Crippen molar-refractivity contribution in [2.45, 2.75) is 46.4 Å². The van der Waals surface area contributed by atoms with Crippen LogP contribution in [0.5, 0.6) is 17.2 Å². The highest BCUT2D eigenvalue weighted by Gasteiger charge is 2.35. The fraction of sp³-hybridized carbons (Fsp3) is 0.265. The van der Waals surface area contributed by atoms with Crippen LogP contribution >= 0.6 is 50.5 Å². The number of ether oxygens (including phenoxy) is 4. The zero-order valence-electron chi connectivity index (χ0n) is 25.7. The van der Waals surface area contributed by atoms with Crippen molar-refractivity contribution in [1.29, 1.82) is 0 Å². The van der Waals surface area contributed by atoms with Crippen LogP contribution < -0.4 is 29.1 Å². The number of esters is 1. The third-order valence-electron chi connectivity index (χ3n) is 7.04. The predicted octanol–water partition coefficient (Wildman–Crippen LogP) is 7.24. The van der Waals surface area contributed by atoms with Gasteiger partial charge in [-0.25, -0.2) is 9.79 Å². The number of aromatic nitrogens is 1. The van der Waals surface area contributed by atoms with E-state index in [1.54, 1.807) is 51.3 Å². The molecule has 1 atom stereocenters. The Kier molecular flexibility index (Phi) is 10.6. The monoisotopic (exact) mass is 744 g/mol. The number of allylic oxidation sites excluding steroid dienone is 1. The number of thiazole rings is 1. The van der Waals surface area contributed by atoms with E-state index in [2.05, 4.69) is 20.9 Å². The summed E-state index contributed by atoms with van der Waals surface area (Å²) in [5.74, 6) is 1.000. The number of benzene rings is 3. The van der Waals surface area contributed by atoms with Crippen molar-refractivity contribution in [2.75, 3.05) is 13.7 Å². The van der Waals surface area contributed by atoms with Gasteiger partial charge < -0.3 is 18.9 Å². The van der Waals surface area contributed by atoms with Crippen molar-refractivity contribution in [2.24, 2.45) is 4.99 Å². The summed E-state index contributed by atoms with van der Waals surface area (Å²) in [5.41, 5.74) is 2.63. The van der Waals surface area contributed by atoms with Crippen LogP contribution in [0.1, 0.15) is 50.4 Å². The van der Waals surface area contributed by atoms with E-state index in [-0.39, 0.29) is 30.5 Å². The normalized spacial score (nSPS) is 14.6. The van der Waals surface area contributed by atoms with Crippen LogP contribution in [-0.4, -0.2) is 30.4 Å². The number of nitrogens with zero attached hydrogens (tertiary/aromatic N) is 2. The van der Waals surface area contributed by atoms with Crippen LogP contribution in [0.25, 0.3) is 6.08 Å². The molecule has 5 rings (SSSR count). The second kappa shape index (κ2) is 14.5. The van der Waals surface area contributed by atoms with Crippen LogP contribution in [0, 0.1) is 0 Å². The lowest BCUT2D eigenvalue weighted by Crippen LogP contribution is -2.40. The van der Waals surface area contributed by atoms with Crippen molar-refractivity contribution < 1.29 is 23.7 Å². The molecule has 0 unspecified atom stereocenters. The zero-order valence-corrected chi connectivity index (χ0v) is 29.6. The number of carbonyl (C=O) groups excluding carboxylic acids is 1. The molecule has 0 radical (unpaired) electrons. The number of methoxy groups -OCH3 is 1. The molecular formula is C34H31BrCl2N2O6S. The molecule has 3 aromatic carbocycles. The largest absolute Gasteiger partial charge is 0.493 e. The van der Waals surface area contributed by atoms with E-state index >= 15 is 0 Å². The molecule has 0 aliphatic carbocycles. The predicted molar refractivity (Wildman–Crippen MR) is 184 cm³/mol. The van der Waals surface area contributed by atoms with Gasteiger partial charge in [-0.1, -0.05) is 74.7 Å². The van der Waals surface area contributed by atoms with Crippen LogP contribution in [0.3, 0.4) is 0 Å². The van der Waals surface area contributed by atoms with Crippen molar-refractivity contribution in [3.05, 3.63) is 117 Å². The molecule has 0 bridgehead atoms. The third-order valence-corrected chi connectivity index (χ3v) is 9.45. The maximum Gasteiger partial charge on any atom is 0.338 e. The SMILES string of the molecule is CCOC(=O)C1=C(C)N=c2s/c(=C/c3cc(OC)c(OCc4ccc(Cl)c(Cl)c4)cc3Br)c(=O)n2[C@@H]1c1ccccc1OC(C)C. The lowest BCUT2D eigenvalue weighted by atomic mass is 9.95. The van der Waals surface area contributed by atoms with E-state index in [0.29, 0.717) is 57.9 Å². The Labute approximate surface area is 288 Å². The third kappa shape index (κ3) is 7.05. The molecule has 8 nitrogen and oxygen atoms in total. The maximum atomic E-state index is 14.2. The molecule has 0 amide bonds. The van der Waals surface area contributed by atoms with Crippen molar-refractivity contribution >= 4 is 62.5 Å². The van der Waals surface area contributed by atoms with Crippen molar-refractivity contribution in [3.63, 3.8) is 0 Å². The fourth-order valence-electron chi connectivity index (χ4n) is 5.02. The average Bonchev–Trinajstić information content (AvgIpc) is 3.32. The van der Waals surface area contributed by atoms with E-state index in [0.717, 1.165) is 5.56 Å². The van der Waals surface area contributed by atoms with Gasteiger partial charge in [-0.3, -0.25) is 9.36 Å². The minimum absolute atomic E-state index is 0.128. The molecule has 1 aliphatic rings. The van der Waals surface area contributed by atoms with E-state index < -0.39 is 12.0 Å². The van der Waals surface area contributed by atoms with Crippen LogP contribution in [0.15, 0.2) is 80.1 Å². The molecule has 12 heteroatoms. The van der Waals surface area contributed by atoms with Gasteiger partial charge in [-0.2, -0.15) is 0 Å². The topological polar surface area (TPSA) is 88.4 Å². The van der Waals surface area contributed by atoms with Crippen LogP contribution in [0.4, 0.5) is 0 Å².